The monoisotopic (exact) mass is 241 g/mol. The van der Waals surface area contributed by atoms with E-state index in [4.69, 9.17) is 0 Å². The third kappa shape index (κ3) is 3.88. The van der Waals surface area contributed by atoms with Crippen LogP contribution in [0, 0.1) is 5.92 Å². The minimum Gasteiger partial charge on any atom is -0.326 e. The van der Waals surface area contributed by atoms with Gasteiger partial charge in [-0.05, 0) is 30.4 Å². The van der Waals surface area contributed by atoms with Gasteiger partial charge >= 0.3 is 0 Å². The number of amides is 1. The van der Waals surface area contributed by atoms with Crippen LogP contribution in [0.15, 0.2) is 54.3 Å². The highest BCUT2D eigenvalue weighted by Crippen LogP contribution is 2.13. The maximum Gasteiger partial charge on any atom is 0.224 e. The van der Waals surface area contributed by atoms with Crippen LogP contribution in [0.3, 0.4) is 0 Å². The summed E-state index contributed by atoms with van der Waals surface area (Å²) in [5.74, 6) is 0.666. The zero-order chi connectivity index (χ0) is 12.8. The number of aryl methyl sites for hydroxylation is 1. The van der Waals surface area contributed by atoms with Crippen molar-refractivity contribution in [2.75, 3.05) is 0 Å². The van der Waals surface area contributed by atoms with Gasteiger partial charge < -0.3 is 5.32 Å². The Kier molecular flexibility index (Phi) is 4.35. The van der Waals surface area contributed by atoms with Crippen molar-refractivity contribution in [2.45, 2.75) is 26.2 Å². The average molecular weight is 241 g/mol. The first-order valence-corrected chi connectivity index (χ1v) is 6.46. The van der Waals surface area contributed by atoms with E-state index in [1.54, 1.807) is 0 Å². The summed E-state index contributed by atoms with van der Waals surface area (Å²) in [6.45, 7) is 2.17. The molecule has 1 N–H and O–H groups in total. The maximum absolute atomic E-state index is 11.8. The van der Waals surface area contributed by atoms with E-state index in [9.17, 15) is 4.79 Å². The van der Waals surface area contributed by atoms with Crippen molar-refractivity contribution < 1.29 is 4.79 Å². The first-order chi connectivity index (χ1) is 8.74. The number of nitrogens with one attached hydrogen (secondary N) is 1. The molecule has 0 saturated carbocycles. The smallest absolute Gasteiger partial charge is 0.224 e. The molecule has 0 fully saturated rings. The molecule has 0 radical (unpaired) electrons. The molecule has 0 heterocycles. The minimum absolute atomic E-state index is 0.0873. The van der Waals surface area contributed by atoms with Gasteiger partial charge in [0, 0.05) is 12.1 Å². The van der Waals surface area contributed by atoms with E-state index in [1.807, 2.05) is 24.3 Å². The van der Waals surface area contributed by atoms with E-state index in [0.29, 0.717) is 12.3 Å². The first-order valence-electron chi connectivity index (χ1n) is 6.46. The van der Waals surface area contributed by atoms with E-state index >= 15 is 0 Å². The number of hydrogen-bond acceptors (Lipinski definition) is 1. The van der Waals surface area contributed by atoms with Crippen molar-refractivity contribution >= 4 is 5.91 Å². The largest absolute Gasteiger partial charge is 0.326 e. The van der Waals surface area contributed by atoms with E-state index in [2.05, 4.69) is 36.5 Å². The van der Waals surface area contributed by atoms with Crippen LogP contribution in [-0.2, 0) is 11.2 Å². The zero-order valence-corrected chi connectivity index (χ0v) is 10.7. The highest BCUT2D eigenvalue weighted by Gasteiger charge is 2.07. The highest BCUT2D eigenvalue weighted by molar-refractivity contribution is 5.78. The molecule has 1 aliphatic carbocycles. The van der Waals surface area contributed by atoms with Gasteiger partial charge in [0.2, 0.25) is 5.91 Å². The summed E-state index contributed by atoms with van der Waals surface area (Å²) in [5, 5.41) is 2.95. The standard InChI is InChI=1S/C16H19NO/c1-13-7-10-15(11-8-13)17-16(18)12-9-14-5-3-2-4-6-14/h2-7,10-11,13H,8-9,12H2,1H3,(H,17,18). The number of rotatable bonds is 4. The Morgan fingerprint density at radius 2 is 2.11 bits per heavy atom. The van der Waals surface area contributed by atoms with Gasteiger partial charge in [0.25, 0.3) is 0 Å². The molecular weight excluding hydrogens is 222 g/mol. The lowest BCUT2D eigenvalue weighted by Crippen LogP contribution is -2.23. The van der Waals surface area contributed by atoms with Crippen LogP contribution in [0.1, 0.15) is 25.3 Å². The Morgan fingerprint density at radius 1 is 1.33 bits per heavy atom. The number of benzene rings is 1. The van der Waals surface area contributed by atoms with E-state index < -0.39 is 0 Å². The molecule has 0 aromatic heterocycles. The summed E-state index contributed by atoms with van der Waals surface area (Å²) in [5.41, 5.74) is 2.14. The Morgan fingerprint density at radius 3 is 2.78 bits per heavy atom. The molecular formula is C16H19NO. The second-order valence-electron chi connectivity index (χ2n) is 4.77. The molecule has 0 saturated heterocycles. The predicted octanol–water partition coefficient (Wildman–Crippen LogP) is 3.22. The molecule has 1 amide bonds. The van der Waals surface area contributed by atoms with Crippen molar-refractivity contribution in [3.63, 3.8) is 0 Å². The van der Waals surface area contributed by atoms with Crippen LogP contribution >= 0.6 is 0 Å². The lowest BCUT2D eigenvalue weighted by Gasteiger charge is -2.12. The number of carbonyl (C=O) groups excluding carboxylic acids is 1. The fourth-order valence-electron chi connectivity index (χ4n) is 1.95. The molecule has 2 nitrogen and oxygen atoms in total. The van der Waals surface area contributed by atoms with Gasteiger partial charge in [-0.2, -0.15) is 0 Å². The number of hydrogen-bond donors (Lipinski definition) is 1. The summed E-state index contributed by atoms with van der Waals surface area (Å²) in [6.07, 6.45) is 8.54. The lowest BCUT2D eigenvalue weighted by atomic mass is 10.0. The summed E-state index contributed by atoms with van der Waals surface area (Å²) < 4.78 is 0. The van der Waals surface area contributed by atoms with Gasteiger partial charge in [0.05, 0.1) is 0 Å². The summed E-state index contributed by atoms with van der Waals surface area (Å²) in [4.78, 5) is 11.8. The molecule has 1 unspecified atom stereocenters. The van der Waals surface area contributed by atoms with Crippen molar-refractivity contribution in [2.24, 2.45) is 5.92 Å². The quantitative estimate of drug-likeness (QED) is 0.861. The second kappa shape index (κ2) is 6.20. The molecule has 18 heavy (non-hydrogen) atoms. The molecule has 1 aromatic rings. The van der Waals surface area contributed by atoms with Crippen molar-refractivity contribution in [1.29, 1.82) is 0 Å². The van der Waals surface area contributed by atoms with E-state index in [0.717, 1.165) is 18.5 Å². The summed E-state index contributed by atoms with van der Waals surface area (Å²) in [7, 11) is 0. The van der Waals surface area contributed by atoms with Crippen LogP contribution in [0.25, 0.3) is 0 Å². The second-order valence-corrected chi connectivity index (χ2v) is 4.77. The van der Waals surface area contributed by atoms with Crippen LogP contribution < -0.4 is 5.32 Å². The molecule has 2 rings (SSSR count). The van der Waals surface area contributed by atoms with Gasteiger partial charge in [0.1, 0.15) is 0 Å². The Hall–Kier alpha value is -1.83. The lowest BCUT2D eigenvalue weighted by molar-refractivity contribution is -0.120. The number of carbonyl (C=O) groups is 1. The first kappa shape index (κ1) is 12.6. The molecule has 1 atom stereocenters. The third-order valence-electron chi connectivity index (χ3n) is 3.08. The fourth-order valence-corrected chi connectivity index (χ4v) is 1.95. The van der Waals surface area contributed by atoms with E-state index in [1.165, 1.54) is 5.56 Å². The maximum atomic E-state index is 11.8. The Bertz CT molecular complexity index is 459. The average Bonchev–Trinajstić information content (AvgIpc) is 2.40. The van der Waals surface area contributed by atoms with Gasteiger partial charge in [0.15, 0.2) is 0 Å². The van der Waals surface area contributed by atoms with Crippen LogP contribution in [-0.4, -0.2) is 5.91 Å². The molecule has 94 valence electrons. The van der Waals surface area contributed by atoms with Gasteiger partial charge in [-0.25, -0.2) is 0 Å². The van der Waals surface area contributed by atoms with Crippen LogP contribution in [0.5, 0.6) is 0 Å². The summed E-state index contributed by atoms with van der Waals surface area (Å²) in [6, 6.07) is 10.1. The fraction of sp³-hybridized carbons (Fsp3) is 0.312. The van der Waals surface area contributed by atoms with Crippen LogP contribution in [0.2, 0.25) is 0 Å². The predicted molar refractivity (Wildman–Crippen MR) is 73.9 cm³/mol. The SMILES string of the molecule is CC1C=CC(NC(=O)CCc2ccccc2)=CC1. The summed E-state index contributed by atoms with van der Waals surface area (Å²) >= 11 is 0. The molecule has 1 aromatic carbocycles. The van der Waals surface area contributed by atoms with Gasteiger partial charge in [-0.1, -0.05) is 49.4 Å². The third-order valence-corrected chi connectivity index (χ3v) is 3.08. The molecule has 0 aliphatic heterocycles. The number of allylic oxidation sites excluding steroid dienone is 3. The Balaban J connectivity index is 1.78. The minimum atomic E-state index is 0.0873. The molecule has 2 heteroatoms. The Labute approximate surface area is 108 Å². The van der Waals surface area contributed by atoms with Crippen molar-refractivity contribution in [3.8, 4) is 0 Å². The molecule has 1 aliphatic rings. The normalized spacial score (nSPS) is 18.3. The van der Waals surface area contributed by atoms with Crippen molar-refractivity contribution in [3.05, 3.63) is 59.8 Å². The topological polar surface area (TPSA) is 29.1 Å². The molecule has 0 bridgehead atoms. The molecule has 0 spiro atoms. The van der Waals surface area contributed by atoms with Gasteiger partial charge in [-0.3, -0.25) is 4.79 Å². The highest BCUT2D eigenvalue weighted by atomic mass is 16.1. The van der Waals surface area contributed by atoms with E-state index in [-0.39, 0.29) is 5.91 Å². The zero-order valence-electron chi connectivity index (χ0n) is 10.7. The van der Waals surface area contributed by atoms with Crippen LogP contribution in [0.4, 0.5) is 0 Å². The van der Waals surface area contributed by atoms with Crippen molar-refractivity contribution in [1.82, 2.24) is 5.32 Å². The van der Waals surface area contributed by atoms with Gasteiger partial charge in [-0.15, -0.1) is 0 Å².